The standard InChI is InChI=1S/C35H48N4O6S/c1-23-13-10-11-16-25(23)20-36-31(42)29-35(5,6)46-22-39(29)32(43)28(40)27(19-24-14-8-7-9-15-24)37-30(41)26-17-12-18-38(21-26)33(44)45-34(2,3)4/h7-11,13-16,26-29,40H,12,17-22H2,1-6H3,(H,36,42)(H,37,41)/t26?,27-,28-,29+/m0/s1. The zero-order valence-electron chi connectivity index (χ0n) is 27.7. The normalized spacial score (nSPS) is 20.8. The second kappa shape index (κ2) is 14.9. The van der Waals surface area contributed by atoms with Crippen LogP contribution in [0.15, 0.2) is 54.6 Å². The molecule has 4 rings (SSSR count). The lowest BCUT2D eigenvalue weighted by Gasteiger charge is -2.35. The monoisotopic (exact) mass is 652 g/mol. The van der Waals surface area contributed by atoms with E-state index in [1.165, 1.54) is 21.6 Å². The number of aryl methyl sites for hydroxylation is 1. The van der Waals surface area contributed by atoms with Crippen molar-refractivity contribution in [2.24, 2.45) is 5.92 Å². The van der Waals surface area contributed by atoms with Crippen molar-refractivity contribution in [2.45, 2.75) is 95.9 Å². The van der Waals surface area contributed by atoms with E-state index >= 15 is 0 Å². The van der Waals surface area contributed by atoms with Gasteiger partial charge in [0, 0.05) is 24.4 Å². The van der Waals surface area contributed by atoms with Gasteiger partial charge in [0.2, 0.25) is 11.8 Å². The minimum absolute atomic E-state index is 0.183. The first kappa shape index (κ1) is 35.3. The highest BCUT2D eigenvalue weighted by molar-refractivity contribution is 8.00. The van der Waals surface area contributed by atoms with E-state index < -0.39 is 46.5 Å². The Balaban J connectivity index is 1.50. The summed E-state index contributed by atoms with van der Waals surface area (Å²) in [6, 6.07) is 15.3. The van der Waals surface area contributed by atoms with E-state index in [4.69, 9.17) is 4.74 Å². The minimum Gasteiger partial charge on any atom is -0.444 e. The molecule has 0 radical (unpaired) electrons. The number of aliphatic hydroxyl groups excluding tert-OH is 1. The summed E-state index contributed by atoms with van der Waals surface area (Å²) < 4.78 is 4.92. The van der Waals surface area contributed by atoms with E-state index in [2.05, 4.69) is 10.6 Å². The number of hydrogen-bond acceptors (Lipinski definition) is 7. The predicted octanol–water partition coefficient (Wildman–Crippen LogP) is 4.03. The summed E-state index contributed by atoms with van der Waals surface area (Å²) in [6.45, 7) is 12.2. The molecule has 250 valence electrons. The Morgan fingerprint density at radius 3 is 2.39 bits per heavy atom. The molecule has 2 aliphatic rings. The summed E-state index contributed by atoms with van der Waals surface area (Å²) in [5.41, 5.74) is 2.21. The zero-order valence-corrected chi connectivity index (χ0v) is 28.6. The molecule has 4 atom stereocenters. The smallest absolute Gasteiger partial charge is 0.410 e. The molecule has 3 N–H and O–H groups in total. The third-order valence-corrected chi connectivity index (χ3v) is 9.87. The molecular weight excluding hydrogens is 604 g/mol. The van der Waals surface area contributed by atoms with Gasteiger partial charge in [-0.2, -0.15) is 0 Å². The van der Waals surface area contributed by atoms with Crippen LogP contribution in [0.1, 0.15) is 64.2 Å². The second-order valence-electron chi connectivity index (χ2n) is 13.7. The molecular formula is C35H48N4O6S. The van der Waals surface area contributed by atoms with Crippen molar-refractivity contribution in [3.05, 3.63) is 71.3 Å². The minimum atomic E-state index is -1.60. The Bertz CT molecular complexity index is 1390. The highest BCUT2D eigenvalue weighted by Crippen LogP contribution is 2.40. The van der Waals surface area contributed by atoms with E-state index in [-0.39, 0.29) is 30.7 Å². The van der Waals surface area contributed by atoms with Gasteiger partial charge in [-0.15, -0.1) is 11.8 Å². The van der Waals surface area contributed by atoms with Gasteiger partial charge < -0.3 is 30.3 Å². The molecule has 11 heteroatoms. The number of rotatable bonds is 9. The fourth-order valence-corrected chi connectivity index (χ4v) is 7.08. The van der Waals surface area contributed by atoms with Crippen LogP contribution >= 0.6 is 11.8 Å². The summed E-state index contributed by atoms with van der Waals surface area (Å²) in [7, 11) is 0. The van der Waals surface area contributed by atoms with E-state index in [1.54, 1.807) is 20.8 Å². The van der Waals surface area contributed by atoms with Gasteiger partial charge in [-0.25, -0.2) is 4.79 Å². The Hall–Kier alpha value is -3.57. The van der Waals surface area contributed by atoms with Crippen LogP contribution in [-0.4, -0.2) is 86.2 Å². The Morgan fingerprint density at radius 2 is 1.72 bits per heavy atom. The lowest BCUT2D eigenvalue weighted by molar-refractivity contribution is -0.148. The number of nitrogens with one attached hydrogen (secondary N) is 2. The van der Waals surface area contributed by atoms with Crippen molar-refractivity contribution in [1.82, 2.24) is 20.4 Å². The van der Waals surface area contributed by atoms with Crippen molar-refractivity contribution in [2.75, 3.05) is 19.0 Å². The highest BCUT2D eigenvalue weighted by Gasteiger charge is 2.50. The van der Waals surface area contributed by atoms with Crippen LogP contribution in [0.3, 0.4) is 0 Å². The average molecular weight is 653 g/mol. The Kier molecular flexibility index (Phi) is 11.4. The number of carbonyl (C=O) groups excluding carboxylic acids is 4. The summed E-state index contributed by atoms with van der Waals surface area (Å²) in [5.74, 6) is -1.56. The molecule has 0 aromatic heterocycles. The molecule has 0 aliphatic carbocycles. The SMILES string of the molecule is Cc1ccccc1CNC(=O)[C@H]1N(C(=O)[C@@H](O)[C@H](Cc2ccccc2)NC(=O)C2CCCN(C(=O)OC(C)(C)C)C2)CSC1(C)C. The summed E-state index contributed by atoms with van der Waals surface area (Å²) in [5, 5.41) is 17.5. The molecule has 0 spiro atoms. The summed E-state index contributed by atoms with van der Waals surface area (Å²) >= 11 is 1.47. The van der Waals surface area contributed by atoms with Crippen LogP contribution in [0, 0.1) is 12.8 Å². The first-order chi connectivity index (χ1) is 21.7. The third-order valence-electron chi connectivity index (χ3n) is 8.50. The Labute approximate surface area is 276 Å². The van der Waals surface area contributed by atoms with Crippen molar-refractivity contribution in [3.8, 4) is 0 Å². The van der Waals surface area contributed by atoms with Crippen LogP contribution in [0.2, 0.25) is 0 Å². The molecule has 2 fully saturated rings. The number of carbonyl (C=O) groups is 4. The van der Waals surface area contributed by atoms with Gasteiger partial charge in [0.15, 0.2) is 6.10 Å². The van der Waals surface area contributed by atoms with E-state index in [0.717, 1.165) is 16.7 Å². The first-order valence-electron chi connectivity index (χ1n) is 15.9. The van der Waals surface area contributed by atoms with Gasteiger partial charge in [0.05, 0.1) is 17.8 Å². The quantitative estimate of drug-likeness (QED) is 0.373. The fraction of sp³-hybridized carbons (Fsp3) is 0.543. The number of thioether (sulfide) groups is 1. The molecule has 4 amide bonds. The zero-order chi connectivity index (χ0) is 33.6. The number of likely N-dealkylation sites (tertiary alicyclic amines) is 1. The maximum absolute atomic E-state index is 14.0. The van der Waals surface area contributed by atoms with Crippen LogP contribution in [0.5, 0.6) is 0 Å². The third kappa shape index (κ3) is 9.03. The molecule has 46 heavy (non-hydrogen) atoms. The largest absolute Gasteiger partial charge is 0.444 e. The topological polar surface area (TPSA) is 128 Å². The van der Waals surface area contributed by atoms with Crippen LogP contribution in [-0.2, 0) is 32.1 Å². The van der Waals surface area contributed by atoms with E-state index in [1.807, 2.05) is 75.4 Å². The number of piperidine rings is 1. The van der Waals surface area contributed by atoms with Gasteiger partial charge in [0.25, 0.3) is 5.91 Å². The summed E-state index contributed by atoms with van der Waals surface area (Å²) in [6.07, 6.45) is -0.677. The molecule has 2 aromatic rings. The molecule has 2 aromatic carbocycles. The fourth-order valence-electron chi connectivity index (χ4n) is 5.94. The summed E-state index contributed by atoms with van der Waals surface area (Å²) in [4.78, 5) is 56.9. The molecule has 0 saturated carbocycles. The van der Waals surface area contributed by atoms with E-state index in [9.17, 15) is 24.3 Å². The number of amides is 4. The van der Waals surface area contributed by atoms with Crippen molar-refractivity contribution in [3.63, 3.8) is 0 Å². The average Bonchev–Trinajstić information content (AvgIpc) is 3.33. The van der Waals surface area contributed by atoms with Crippen LogP contribution < -0.4 is 10.6 Å². The van der Waals surface area contributed by atoms with E-state index in [0.29, 0.717) is 25.9 Å². The van der Waals surface area contributed by atoms with Gasteiger partial charge in [-0.3, -0.25) is 14.4 Å². The number of ether oxygens (including phenoxy) is 1. The lowest BCUT2D eigenvalue weighted by Crippen LogP contribution is -2.59. The number of benzene rings is 2. The molecule has 0 bridgehead atoms. The van der Waals surface area contributed by atoms with Crippen molar-refractivity contribution < 1.29 is 29.0 Å². The maximum atomic E-state index is 14.0. The number of hydrogen-bond donors (Lipinski definition) is 3. The van der Waals surface area contributed by atoms with Crippen molar-refractivity contribution >= 4 is 35.6 Å². The number of aliphatic hydroxyl groups is 1. The molecule has 2 aliphatic heterocycles. The highest BCUT2D eigenvalue weighted by atomic mass is 32.2. The van der Waals surface area contributed by atoms with Gasteiger partial charge in [0.1, 0.15) is 11.6 Å². The maximum Gasteiger partial charge on any atom is 0.410 e. The molecule has 2 heterocycles. The molecule has 1 unspecified atom stereocenters. The molecule has 10 nitrogen and oxygen atoms in total. The van der Waals surface area contributed by atoms with Crippen molar-refractivity contribution in [1.29, 1.82) is 0 Å². The van der Waals surface area contributed by atoms with Gasteiger partial charge in [-0.05, 0) is 77.5 Å². The molecule has 2 saturated heterocycles. The van der Waals surface area contributed by atoms with Crippen LogP contribution in [0.25, 0.3) is 0 Å². The lowest BCUT2D eigenvalue weighted by atomic mass is 9.94. The second-order valence-corrected chi connectivity index (χ2v) is 15.3. The van der Waals surface area contributed by atoms with Crippen LogP contribution in [0.4, 0.5) is 4.79 Å². The number of nitrogens with zero attached hydrogens (tertiary/aromatic N) is 2. The first-order valence-corrected chi connectivity index (χ1v) is 16.9. The van der Waals surface area contributed by atoms with Gasteiger partial charge in [-0.1, -0.05) is 54.6 Å². The predicted molar refractivity (Wildman–Crippen MR) is 179 cm³/mol. The Morgan fingerprint density at radius 1 is 1.04 bits per heavy atom. The van der Waals surface area contributed by atoms with Gasteiger partial charge >= 0.3 is 6.09 Å².